The van der Waals surface area contributed by atoms with Crippen LogP contribution in [0.2, 0.25) is 0 Å². The first-order valence-corrected chi connectivity index (χ1v) is 10.9. The Balaban J connectivity index is 2.20. The fourth-order valence-corrected chi connectivity index (χ4v) is 4.96. The number of imidazole rings is 1. The van der Waals surface area contributed by atoms with Gasteiger partial charge in [0.1, 0.15) is 17.4 Å². The van der Waals surface area contributed by atoms with Crippen LogP contribution in [0.4, 0.5) is 17.6 Å². The summed E-state index contributed by atoms with van der Waals surface area (Å²) in [5.74, 6) is 0.927. The van der Waals surface area contributed by atoms with Gasteiger partial charge in [0.05, 0.1) is 23.1 Å². The van der Waals surface area contributed by atoms with Crippen molar-refractivity contribution in [3.05, 3.63) is 28.4 Å². The first-order valence-electron chi connectivity index (χ1n) is 8.62. The van der Waals surface area contributed by atoms with E-state index in [1.165, 1.54) is 0 Å². The highest BCUT2D eigenvalue weighted by atomic mass is 32.2. The summed E-state index contributed by atoms with van der Waals surface area (Å²) >= 11 is 0.0797. The molecule has 0 saturated heterocycles. The number of nitrogens with zero attached hydrogens (tertiary/aromatic N) is 2. The molecule has 0 radical (unpaired) electrons. The molecule has 2 aromatic rings. The second-order valence-corrected chi connectivity index (χ2v) is 9.52. The molecule has 0 atom stereocenters. The number of benzene rings is 1. The maximum atomic E-state index is 14.7. The summed E-state index contributed by atoms with van der Waals surface area (Å²) in [7, 11) is -4.54. The Morgan fingerprint density at radius 1 is 1.39 bits per heavy atom. The molecule has 1 aliphatic carbocycles. The summed E-state index contributed by atoms with van der Waals surface area (Å²) in [6.45, 7) is -1.34. The largest absolute Gasteiger partial charge is 0.336 e. The zero-order valence-corrected chi connectivity index (χ0v) is 17.3. The van der Waals surface area contributed by atoms with Crippen LogP contribution in [0.1, 0.15) is 12.8 Å². The Labute approximate surface area is 177 Å². The second kappa shape index (κ2) is 8.13. The number of nitrogens with two attached hydrogens (primary N) is 1. The molecule has 166 valence electrons. The number of halogens is 4. The van der Waals surface area contributed by atoms with Crippen molar-refractivity contribution in [3.8, 4) is 12.3 Å². The molecule has 0 spiro atoms. The van der Waals surface area contributed by atoms with E-state index in [1.807, 2.05) is 0 Å². The van der Waals surface area contributed by atoms with E-state index in [4.69, 9.17) is 17.2 Å². The SMILES string of the molecule is C#CCn1c(=O)n(C(=N)SC(=[NH2+])C(F)F)c2cc(S(=O)(=O)NC3(CF)CC3)c(F)cc21. The van der Waals surface area contributed by atoms with Gasteiger partial charge in [-0.3, -0.25) is 9.98 Å². The van der Waals surface area contributed by atoms with Gasteiger partial charge >= 0.3 is 12.1 Å². The minimum absolute atomic E-state index is 0.0797. The van der Waals surface area contributed by atoms with Gasteiger partial charge in [-0.2, -0.15) is 8.78 Å². The number of aromatic nitrogens is 2. The first-order chi connectivity index (χ1) is 14.5. The molecule has 1 saturated carbocycles. The monoisotopic (exact) mass is 478 g/mol. The van der Waals surface area contributed by atoms with Gasteiger partial charge < -0.3 is 0 Å². The smallest absolute Gasteiger partial charge is 0.280 e. The number of sulfonamides is 1. The number of rotatable bonds is 6. The van der Waals surface area contributed by atoms with Crippen molar-refractivity contribution in [2.75, 3.05) is 6.67 Å². The summed E-state index contributed by atoms with van der Waals surface area (Å²) < 4.78 is 82.2. The van der Waals surface area contributed by atoms with Gasteiger partial charge in [-0.25, -0.2) is 36.7 Å². The summed E-state index contributed by atoms with van der Waals surface area (Å²) in [4.78, 5) is 11.8. The standard InChI is InChI=1S/C17H15F4N5O3S2/c1-2-5-25-10-6-9(19)12(31(28,29)24-17(8-18)3-4-17)7-11(10)26(16(25)27)15(23)30-14(22)13(20)21/h1,6-7,13,22-24H,3-5,8H2/p+1. The molecule has 1 heterocycles. The average Bonchev–Trinajstić information content (AvgIpc) is 3.40. The van der Waals surface area contributed by atoms with Crippen molar-refractivity contribution >= 4 is 43.0 Å². The first kappa shape index (κ1) is 23.0. The third-order valence-electron chi connectivity index (χ3n) is 4.61. The van der Waals surface area contributed by atoms with Crippen LogP contribution >= 0.6 is 11.8 Å². The van der Waals surface area contributed by atoms with Crippen molar-refractivity contribution in [3.63, 3.8) is 0 Å². The highest BCUT2D eigenvalue weighted by Crippen LogP contribution is 2.37. The molecule has 1 aromatic carbocycles. The highest BCUT2D eigenvalue weighted by molar-refractivity contribution is 8.26. The van der Waals surface area contributed by atoms with Gasteiger partial charge in [0.15, 0.2) is 5.17 Å². The number of hydrogen-bond donors (Lipinski definition) is 3. The Morgan fingerprint density at radius 2 is 2.03 bits per heavy atom. The maximum Gasteiger partial charge on any atom is 0.336 e. The van der Waals surface area contributed by atoms with Crippen LogP contribution in [0, 0.1) is 23.6 Å². The molecular weight excluding hydrogens is 462 g/mol. The normalized spacial score (nSPS) is 15.2. The minimum atomic E-state index is -4.54. The van der Waals surface area contributed by atoms with Gasteiger partial charge in [-0.1, -0.05) is 5.92 Å². The quantitative estimate of drug-likeness (QED) is 0.239. The van der Waals surface area contributed by atoms with E-state index in [2.05, 4.69) is 10.6 Å². The van der Waals surface area contributed by atoms with Crippen molar-refractivity contribution in [1.29, 1.82) is 5.41 Å². The molecule has 0 aliphatic heterocycles. The van der Waals surface area contributed by atoms with E-state index in [9.17, 15) is 30.8 Å². The lowest BCUT2D eigenvalue weighted by atomic mass is 10.3. The number of terminal acetylenes is 1. The van der Waals surface area contributed by atoms with Gasteiger partial charge in [0, 0.05) is 17.8 Å². The number of hydrogen-bond acceptors (Lipinski definition) is 5. The Hall–Kier alpha value is -2.63. The molecule has 4 N–H and O–H groups in total. The third-order valence-corrected chi connectivity index (χ3v) is 7.00. The number of fused-ring (bicyclic) bond motifs is 1. The molecule has 8 nitrogen and oxygen atoms in total. The van der Waals surface area contributed by atoms with Gasteiger partial charge in [0.2, 0.25) is 10.0 Å². The van der Waals surface area contributed by atoms with Crippen LogP contribution in [0.25, 0.3) is 11.0 Å². The summed E-state index contributed by atoms with van der Waals surface area (Å²) in [5, 5.41) is 11.4. The molecule has 31 heavy (non-hydrogen) atoms. The van der Waals surface area contributed by atoms with E-state index in [0.717, 1.165) is 16.7 Å². The maximum absolute atomic E-state index is 14.7. The lowest BCUT2D eigenvalue weighted by Gasteiger charge is -2.14. The zero-order valence-electron chi connectivity index (χ0n) is 15.7. The van der Waals surface area contributed by atoms with Crippen LogP contribution in [-0.2, 0) is 16.6 Å². The second-order valence-electron chi connectivity index (χ2n) is 6.81. The van der Waals surface area contributed by atoms with Crippen LogP contribution in [0.5, 0.6) is 0 Å². The predicted octanol–water partition coefficient (Wildman–Crippen LogP) is 0.294. The predicted molar refractivity (Wildman–Crippen MR) is 107 cm³/mol. The molecule has 0 amide bonds. The molecule has 0 bridgehead atoms. The Kier molecular flexibility index (Phi) is 6.05. The van der Waals surface area contributed by atoms with Crippen LogP contribution in [0.3, 0.4) is 0 Å². The molecule has 0 unspecified atom stereocenters. The van der Waals surface area contributed by atoms with Gasteiger partial charge in [-0.05, 0) is 18.9 Å². The highest BCUT2D eigenvalue weighted by Gasteiger charge is 2.47. The Bertz CT molecular complexity index is 1290. The minimum Gasteiger partial charge on any atom is -0.280 e. The molecular formula is C17H16F4N5O3S2+. The molecule has 1 aromatic heterocycles. The van der Waals surface area contributed by atoms with E-state index in [1.54, 1.807) is 0 Å². The number of alkyl halides is 3. The van der Waals surface area contributed by atoms with E-state index in [-0.39, 0.29) is 42.2 Å². The summed E-state index contributed by atoms with van der Waals surface area (Å²) in [6, 6.07) is 1.50. The van der Waals surface area contributed by atoms with Crippen molar-refractivity contribution in [2.45, 2.75) is 36.2 Å². The lowest BCUT2D eigenvalue weighted by molar-refractivity contribution is -0.120. The fourth-order valence-electron chi connectivity index (χ4n) is 2.86. The van der Waals surface area contributed by atoms with Crippen LogP contribution in [-0.4, -0.2) is 46.4 Å². The van der Waals surface area contributed by atoms with Crippen LogP contribution < -0.4 is 15.8 Å². The molecule has 1 aliphatic rings. The number of thioether (sulfide) groups is 1. The summed E-state index contributed by atoms with van der Waals surface area (Å²) in [5.41, 5.74) is -2.71. The van der Waals surface area contributed by atoms with Crippen molar-refractivity contribution in [2.24, 2.45) is 0 Å². The summed E-state index contributed by atoms with van der Waals surface area (Å²) in [6.07, 6.45) is 2.60. The Morgan fingerprint density at radius 3 is 2.55 bits per heavy atom. The van der Waals surface area contributed by atoms with Crippen molar-refractivity contribution < 1.29 is 31.4 Å². The molecule has 14 heteroatoms. The van der Waals surface area contributed by atoms with Crippen molar-refractivity contribution in [1.82, 2.24) is 13.9 Å². The van der Waals surface area contributed by atoms with E-state index < -0.39 is 55.3 Å². The van der Waals surface area contributed by atoms with E-state index >= 15 is 0 Å². The molecule has 3 rings (SSSR count). The van der Waals surface area contributed by atoms with Gasteiger partial charge in [0.25, 0.3) is 5.04 Å². The topological polar surface area (TPSA) is 123 Å². The molecule has 1 fully saturated rings. The number of nitrogens with one attached hydrogen (secondary N) is 2. The van der Waals surface area contributed by atoms with Crippen LogP contribution in [0.15, 0.2) is 21.8 Å². The lowest BCUT2D eigenvalue weighted by Crippen LogP contribution is -2.43. The average molecular weight is 478 g/mol. The fraction of sp³-hybridized carbons (Fsp3) is 0.353. The van der Waals surface area contributed by atoms with E-state index in [0.29, 0.717) is 4.57 Å². The van der Waals surface area contributed by atoms with Gasteiger partial charge in [-0.15, -0.1) is 6.42 Å². The zero-order chi connectivity index (χ0) is 23.1. The third kappa shape index (κ3) is 4.25.